The van der Waals surface area contributed by atoms with Gasteiger partial charge in [0.2, 0.25) is 21.8 Å². The summed E-state index contributed by atoms with van der Waals surface area (Å²) in [4.78, 5) is 27.3. The molecule has 4 aromatic rings. The minimum atomic E-state index is -4.06. The predicted molar refractivity (Wildman–Crippen MR) is 197 cm³/mol. The molecule has 276 valence electrons. The first-order valence-electron chi connectivity index (χ1n) is 17.1. The molecule has 13 heteroatoms. The molecule has 51 heavy (non-hydrogen) atoms. The van der Waals surface area contributed by atoms with Crippen molar-refractivity contribution in [1.82, 2.24) is 30.5 Å². The molecule has 0 aliphatic carbocycles. The average molecular weight is 723 g/mol. The smallest absolute Gasteiger partial charge is 0.243 e. The highest BCUT2D eigenvalue weighted by Gasteiger charge is 2.37. The van der Waals surface area contributed by atoms with Crippen molar-refractivity contribution in [3.63, 3.8) is 0 Å². The summed E-state index contributed by atoms with van der Waals surface area (Å²) in [5.41, 5.74) is 0.575. The lowest BCUT2D eigenvalue weighted by atomic mass is 9.85. The maximum Gasteiger partial charge on any atom is 0.243 e. The van der Waals surface area contributed by atoms with Gasteiger partial charge in [-0.1, -0.05) is 77.1 Å². The third-order valence-electron chi connectivity index (χ3n) is 8.77. The van der Waals surface area contributed by atoms with Crippen LogP contribution in [-0.2, 0) is 31.6 Å². The highest BCUT2D eigenvalue weighted by molar-refractivity contribution is 7.89. The summed E-state index contributed by atoms with van der Waals surface area (Å²) < 4.78 is 43.1. The Labute approximate surface area is 300 Å². The molecule has 0 fully saturated rings. The van der Waals surface area contributed by atoms with Crippen LogP contribution in [0.4, 0.5) is 4.39 Å². The standard InChI is InChI=1S/C38H51FN6O5S/c1-25(2)23-45(51(49,50)30-17-16-27-21-41-44-31(27)20-30)24-33(46)32(18-26-12-9-8-10-13-26)42-36(48)35(37(3,4)5)43-34(47)22-40-38(6,7)28-14-11-15-29(39)19-28/h8-17,19-21,25,32-33,35,40,46H,18,22-24H2,1-7H3,(H,41,44)(H,42,48)(H,43,47)/t32-,33+,35+/m0/s1. The zero-order valence-corrected chi connectivity index (χ0v) is 31.2. The Balaban J connectivity index is 1.55. The van der Waals surface area contributed by atoms with Gasteiger partial charge in [0.05, 0.1) is 35.3 Å². The third-order valence-corrected chi connectivity index (χ3v) is 10.6. The van der Waals surface area contributed by atoms with Crippen molar-refractivity contribution < 1.29 is 27.5 Å². The molecule has 11 nitrogen and oxygen atoms in total. The van der Waals surface area contributed by atoms with Gasteiger partial charge in [-0.15, -0.1) is 0 Å². The SMILES string of the molecule is CC(C)CN(C[C@@H](O)[C@H](Cc1ccccc1)NC(=O)[C@@H](NC(=O)CNC(C)(C)c1cccc(F)c1)C(C)(C)C)S(=O)(=O)c1ccc2cn[nH]c2c1. The number of hydrogen-bond donors (Lipinski definition) is 5. The van der Waals surface area contributed by atoms with Crippen LogP contribution >= 0.6 is 0 Å². The van der Waals surface area contributed by atoms with E-state index >= 15 is 0 Å². The lowest BCUT2D eigenvalue weighted by molar-refractivity contribution is -0.132. The van der Waals surface area contributed by atoms with Gasteiger partial charge in [-0.25, -0.2) is 12.8 Å². The molecule has 0 spiro atoms. The van der Waals surface area contributed by atoms with Crippen molar-refractivity contribution in [2.45, 2.75) is 83.5 Å². The number of aromatic nitrogens is 2. The van der Waals surface area contributed by atoms with Crippen LogP contribution in [0, 0.1) is 17.2 Å². The second kappa shape index (κ2) is 16.4. The second-order valence-corrected chi connectivity index (χ2v) is 17.0. The van der Waals surface area contributed by atoms with Gasteiger partial charge in [-0.3, -0.25) is 20.0 Å². The summed E-state index contributed by atoms with van der Waals surface area (Å²) >= 11 is 0. The van der Waals surface area contributed by atoms with Gasteiger partial charge >= 0.3 is 0 Å². The van der Waals surface area contributed by atoms with E-state index in [1.807, 2.05) is 78.8 Å². The van der Waals surface area contributed by atoms with Crippen LogP contribution < -0.4 is 16.0 Å². The minimum absolute atomic E-state index is 0.0560. The van der Waals surface area contributed by atoms with E-state index in [9.17, 15) is 27.5 Å². The molecule has 0 aliphatic rings. The lowest BCUT2D eigenvalue weighted by Gasteiger charge is -2.35. The molecule has 1 heterocycles. The highest BCUT2D eigenvalue weighted by Crippen LogP contribution is 2.24. The first-order valence-corrected chi connectivity index (χ1v) is 18.6. The number of nitrogens with one attached hydrogen (secondary N) is 4. The Bertz CT molecular complexity index is 1890. The van der Waals surface area contributed by atoms with E-state index in [2.05, 4.69) is 26.1 Å². The largest absolute Gasteiger partial charge is 0.390 e. The van der Waals surface area contributed by atoms with Crippen LogP contribution in [0.2, 0.25) is 0 Å². The number of aromatic amines is 1. The average Bonchev–Trinajstić information content (AvgIpc) is 3.54. The summed E-state index contributed by atoms with van der Waals surface area (Å²) in [7, 11) is -4.06. The van der Waals surface area contributed by atoms with E-state index in [1.165, 1.54) is 28.6 Å². The number of halogens is 1. The van der Waals surface area contributed by atoms with E-state index in [-0.39, 0.29) is 42.7 Å². The molecule has 0 saturated carbocycles. The van der Waals surface area contributed by atoms with Crippen molar-refractivity contribution in [3.05, 3.63) is 95.9 Å². The first kappa shape index (κ1) is 39.6. The number of nitrogens with zero attached hydrogens (tertiary/aromatic N) is 2. The Morgan fingerprint density at radius 2 is 1.65 bits per heavy atom. The van der Waals surface area contributed by atoms with Crippen LogP contribution in [-0.4, -0.2) is 77.7 Å². The summed E-state index contributed by atoms with van der Waals surface area (Å²) in [5, 5.41) is 28.3. The number of hydrogen-bond acceptors (Lipinski definition) is 7. The molecule has 5 N–H and O–H groups in total. The molecule has 2 amide bonds. The summed E-state index contributed by atoms with van der Waals surface area (Å²) in [6.07, 6.45) is 0.497. The number of aliphatic hydroxyl groups is 1. The fourth-order valence-electron chi connectivity index (χ4n) is 5.82. The zero-order chi connectivity index (χ0) is 37.6. The van der Waals surface area contributed by atoms with Gasteiger partial charge in [0.15, 0.2) is 0 Å². The molecule has 0 aliphatic heterocycles. The quantitative estimate of drug-likeness (QED) is 0.114. The molecule has 1 aromatic heterocycles. The number of H-pyrrole nitrogens is 1. The van der Waals surface area contributed by atoms with Crippen molar-refractivity contribution in [2.75, 3.05) is 19.6 Å². The fraction of sp³-hybridized carbons (Fsp3) is 0.447. The van der Waals surface area contributed by atoms with Gasteiger partial charge in [-0.05, 0) is 73.1 Å². The first-order chi connectivity index (χ1) is 23.9. The third kappa shape index (κ3) is 10.7. The van der Waals surface area contributed by atoms with Crippen molar-refractivity contribution in [3.8, 4) is 0 Å². The highest BCUT2D eigenvalue weighted by atomic mass is 32.2. The number of amides is 2. The molecular formula is C38H51FN6O5S. The van der Waals surface area contributed by atoms with Crippen molar-refractivity contribution in [2.24, 2.45) is 11.3 Å². The van der Waals surface area contributed by atoms with Crippen LogP contribution in [0.5, 0.6) is 0 Å². The maximum atomic E-state index is 14.0. The fourth-order valence-corrected chi connectivity index (χ4v) is 7.47. The summed E-state index contributed by atoms with van der Waals surface area (Å²) in [6, 6.07) is 18.2. The lowest BCUT2D eigenvalue weighted by Crippen LogP contribution is -2.59. The number of carbonyl (C=O) groups excluding carboxylic acids is 2. The molecule has 3 aromatic carbocycles. The molecule has 0 saturated heterocycles. The Morgan fingerprint density at radius 3 is 2.29 bits per heavy atom. The number of sulfonamides is 1. The maximum absolute atomic E-state index is 14.0. The Morgan fingerprint density at radius 1 is 0.941 bits per heavy atom. The summed E-state index contributed by atoms with van der Waals surface area (Å²) in [6.45, 7) is 12.6. The summed E-state index contributed by atoms with van der Waals surface area (Å²) in [5.74, 6) is -1.42. The van der Waals surface area contributed by atoms with E-state index in [0.29, 0.717) is 11.1 Å². The molecular weight excluding hydrogens is 672 g/mol. The van der Waals surface area contributed by atoms with E-state index in [1.54, 1.807) is 24.4 Å². The molecule has 0 unspecified atom stereocenters. The number of benzene rings is 3. The monoisotopic (exact) mass is 722 g/mol. The molecule has 3 atom stereocenters. The van der Waals surface area contributed by atoms with Gasteiger partial charge in [0.1, 0.15) is 11.9 Å². The zero-order valence-electron chi connectivity index (χ0n) is 30.4. The molecule has 0 radical (unpaired) electrons. The van der Waals surface area contributed by atoms with Crippen LogP contribution in [0.1, 0.15) is 59.6 Å². The van der Waals surface area contributed by atoms with Gasteiger partial charge in [0, 0.05) is 24.0 Å². The Hall–Kier alpha value is -4.17. The minimum Gasteiger partial charge on any atom is -0.390 e. The van der Waals surface area contributed by atoms with E-state index < -0.39 is 51.0 Å². The van der Waals surface area contributed by atoms with Crippen LogP contribution in [0.3, 0.4) is 0 Å². The number of fused-ring (bicyclic) bond motifs is 1. The number of aliphatic hydroxyl groups excluding tert-OH is 1. The molecule has 0 bridgehead atoms. The Kier molecular flexibility index (Phi) is 12.8. The normalized spacial score (nSPS) is 14.4. The second-order valence-electron chi connectivity index (χ2n) is 15.1. The van der Waals surface area contributed by atoms with E-state index in [4.69, 9.17) is 0 Å². The van der Waals surface area contributed by atoms with Crippen LogP contribution in [0.15, 0.2) is 83.9 Å². The molecule has 4 rings (SSSR count). The van der Waals surface area contributed by atoms with Gasteiger partial charge in [-0.2, -0.15) is 9.40 Å². The number of rotatable bonds is 16. The number of carbonyl (C=O) groups is 2. The van der Waals surface area contributed by atoms with Crippen LogP contribution in [0.25, 0.3) is 10.9 Å². The van der Waals surface area contributed by atoms with Crippen molar-refractivity contribution in [1.29, 1.82) is 0 Å². The predicted octanol–water partition coefficient (Wildman–Crippen LogP) is 4.49. The van der Waals surface area contributed by atoms with Gasteiger partial charge < -0.3 is 15.7 Å². The van der Waals surface area contributed by atoms with E-state index in [0.717, 1.165) is 10.9 Å². The topological polar surface area (TPSA) is 157 Å². The van der Waals surface area contributed by atoms with Crippen molar-refractivity contribution >= 4 is 32.7 Å². The van der Waals surface area contributed by atoms with Gasteiger partial charge in [0.25, 0.3) is 0 Å².